The predicted molar refractivity (Wildman–Crippen MR) is 101 cm³/mol. The third-order valence-electron chi connectivity index (χ3n) is 8.70. The van der Waals surface area contributed by atoms with E-state index >= 15 is 0 Å². The van der Waals surface area contributed by atoms with E-state index in [2.05, 4.69) is 21.7 Å². The highest BCUT2D eigenvalue weighted by atomic mass is 16.5. The van der Waals surface area contributed by atoms with Gasteiger partial charge in [0.25, 0.3) is 0 Å². The predicted octanol–water partition coefficient (Wildman–Crippen LogP) is -1.17. The van der Waals surface area contributed by atoms with Gasteiger partial charge < -0.3 is 24.2 Å². The van der Waals surface area contributed by atoms with Gasteiger partial charge in [0.15, 0.2) is 17.1 Å². The Bertz CT molecular complexity index is 976. The second-order valence-electron chi connectivity index (χ2n) is 9.57. The van der Waals surface area contributed by atoms with Gasteiger partial charge in [0.1, 0.15) is 12.5 Å². The fourth-order valence-corrected chi connectivity index (χ4v) is 7.72. The van der Waals surface area contributed by atoms with E-state index in [1.54, 1.807) is 6.92 Å². The van der Waals surface area contributed by atoms with Crippen molar-refractivity contribution in [1.29, 1.82) is 0 Å². The molecule has 7 aliphatic rings. The Hall–Kier alpha value is -1.78. The van der Waals surface area contributed by atoms with Crippen LogP contribution in [-0.4, -0.2) is 108 Å². The summed E-state index contributed by atoms with van der Waals surface area (Å²) in [7, 11) is 3.51. The van der Waals surface area contributed by atoms with Crippen LogP contribution in [0.5, 0.6) is 0 Å². The number of Topliss-reactive ketones (excluding diaryl/α,β-unsaturated/α-hetero) is 2. The molecule has 0 amide bonds. The molecule has 5 saturated heterocycles. The van der Waals surface area contributed by atoms with Crippen LogP contribution in [0.15, 0.2) is 22.6 Å². The van der Waals surface area contributed by atoms with Gasteiger partial charge in [-0.2, -0.15) is 0 Å². The monoisotopic (exact) mass is 415 g/mol. The number of carbonyl (C=O) groups is 2. The van der Waals surface area contributed by atoms with Crippen LogP contribution >= 0.6 is 0 Å². The Morgan fingerprint density at radius 2 is 2.00 bits per heavy atom. The molecule has 0 aromatic rings. The van der Waals surface area contributed by atoms with Gasteiger partial charge >= 0.3 is 0 Å². The first-order valence-corrected chi connectivity index (χ1v) is 10.7. The van der Waals surface area contributed by atoms with Gasteiger partial charge in [-0.25, -0.2) is 0 Å². The minimum atomic E-state index is -1.93. The number of allylic oxidation sites excluding steroid dienone is 1. The Labute approximate surface area is 173 Å². The number of aliphatic hydroxyl groups is 1. The summed E-state index contributed by atoms with van der Waals surface area (Å²) < 4.78 is 17.7. The Morgan fingerprint density at radius 1 is 1.20 bits per heavy atom. The normalized spacial score (nSPS) is 49.2. The van der Waals surface area contributed by atoms with Crippen LogP contribution in [0.25, 0.3) is 0 Å². The van der Waals surface area contributed by atoms with E-state index in [0.717, 1.165) is 6.42 Å². The molecule has 0 radical (unpaired) electrons. The number of nitrogens with zero attached hydrogens (tertiary/aromatic N) is 3. The minimum absolute atomic E-state index is 0.0223. The van der Waals surface area contributed by atoms with Crippen molar-refractivity contribution in [2.75, 3.05) is 33.9 Å². The van der Waals surface area contributed by atoms with E-state index in [1.165, 1.54) is 7.11 Å². The standard InChI is InChI=1S/C21H25N3O6/c1-8-16(28-3)15(25)12-11-7-30-20-10-6-9-13(22(10)2)14(24(11)20)17(21(12,27)18(8)26)23-4-5-29-19(9)23/h9-10,13-14,17,19-20,27H,4-7H2,1-3H3/t9-,10-,13+,14+,17-,19-,20+,21-/m0/s1. The van der Waals surface area contributed by atoms with Gasteiger partial charge in [-0.05, 0) is 20.4 Å². The largest absolute Gasteiger partial charge is 0.492 e. The average molecular weight is 415 g/mol. The molecule has 160 valence electrons. The molecular formula is C21H25N3O6. The number of rotatable bonds is 1. The molecule has 0 aromatic heterocycles. The fourth-order valence-electron chi connectivity index (χ4n) is 7.72. The summed E-state index contributed by atoms with van der Waals surface area (Å²) in [6.45, 7) is 2.99. The summed E-state index contributed by atoms with van der Waals surface area (Å²) in [4.78, 5) is 33.9. The van der Waals surface area contributed by atoms with Gasteiger partial charge in [0.2, 0.25) is 5.78 Å². The lowest BCUT2D eigenvalue weighted by Gasteiger charge is -2.62. The topological polar surface area (TPSA) is 91.8 Å². The van der Waals surface area contributed by atoms with Crippen molar-refractivity contribution in [3.8, 4) is 0 Å². The van der Waals surface area contributed by atoms with Crippen molar-refractivity contribution >= 4 is 11.6 Å². The summed E-state index contributed by atoms with van der Waals surface area (Å²) in [6.07, 6.45) is 0.597. The van der Waals surface area contributed by atoms with Crippen LogP contribution in [0.2, 0.25) is 0 Å². The van der Waals surface area contributed by atoms with E-state index in [-0.39, 0.29) is 60.0 Å². The number of piperazine rings is 1. The van der Waals surface area contributed by atoms with Crippen molar-refractivity contribution in [3.63, 3.8) is 0 Å². The molecular weight excluding hydrogens is 390 g/mol. The molecule has 9 heteroatoms. The van der Waals surface area contributed by atoms with E-state index in [4.69, 9.17) is 14.2 Å². The van der Waals surface area contributed by atoms with Crippen molar-refractivity contribution in [1.82, 2.24) is 14.7 Å². The maximum absolute atomic E-state index is 13.7. The summed E-state index contributed by atoms with van der Waals surface area (Å²) in [5, 5.41) is 12.2. The van der Waals surface area contributed by atoms with E-state index < -0.39 is 23.2 Å². The third kappa shape index (κ3) is 1.63. The number of fused-ring (bicyclic) bond motifs is 7. The number of ether oxygens (including phenoxy) is 3. The summed E-state index contributed by atoms with van der Waals surface area (Å²) >= 11 is 0. The maximum atomic E-state index is 13.7. The smallest absolute Gasteiger partial charge is 0.229 e. The molecule has 0 spiro atoms. The third-order valence-corrected chi connectivity index (χ3v) is 8.70. The molecule has 9 nitrogen and oxygen atoms in total. The Balaban J connectivity index is 1.54. The number of carbonyl (C=O) groups excluding carboxylic acids is 2. The van der Waals surface area contributed by atoms with E-state index in [0.29, 0.717) is 18.8 Å². The molecule has 1 aliphatic carbocycles. The number of piperidine rings is 1. The van der Waals surface area contributed by atoms with Crippen LogP contribution in [0.3, 0.4) is 0 Å². The number of methoxy groups -OCH3 is 1. The van der Waals surface area contributed by atoms with Gasteiger partial charge in [-0.15, -0.1) is 0 Å². The lowest BCUT2D eigenvalue weighted by molar-refractivity contribution is -0.193. The highest BCUT2D eigenvalue weighted by Crippen LogP contribution is 2.58. The molecule has 30 heavy (non-hydrogen) atoms. The molecule has 0 aromatic carbocycles. The van der Waals surface area contributed by atoms with Crippen LogP contribution < -0.4 is 0 Å². The fraction of sp³-hybridized carbons (Fsp3) is 0.714. The SMILES string of the molecule is COC1=C(C)C(=O)[C@]2(O)C(=C3CO[C@@H]4[C@@H]5C[C@H]6[C@H]([C@H]([C@@H]2N2CCO[C@@H]62)N34)N5C)C1=O. The lowest BCUT2D eigenvalue weighted by Crippen LogP contribution is -2.81. The second-order valence-corrected chi connectivity index (χ2v) is 9.57. The molecule has 5 fully saturated rings. The molecule has 1 N–H and O–H groups in total. The maximum Gasteiger partial charge on any atom is 0.229 e. The van der Waals surface area contributed by atoms with Gasteiger partial charge in [0.05, 0.1) is 49.7 Å². The van der Waals surface area contributed by atoms with Crippen LogP contribution in [-0.2, 0) is 23.8 Å². The van der Waals surface area contributed by atoms with E-state index in [1.807, 2.05) is 0 Å². The van der Waals surface area contributed by atoms with Crippen LogP contribution in [0, 0.1) is 5.92 Å². The Morgan fingerprint density at radius 3 is 2.77 bits per heavy atom. The first-order chi connectivity index (χ1) is 14.4. The summed E-state index contributed by atoms with van der Waals surface area (Å²) in [6, 6.07) is -0.380. The van der Waals surface area contributed by atoms with Gasteiger partial charge in [0, 0.05) is 24.1 Å². The molecule has 6 aliphatic heterocycles. The van der Waals surface area contributed by atoms with Crippen molar-refractivity contribution in [2.45, 2.75) is 55.6 Å². The molecule has 6 heterocycles. The summed E-state index contributed by atoms with van der Waals surface area (Å²) in [5.41, 5.74) is -0.936. The zero-order chi connectivity index (χ0) is 20.7. The first kappa shape index (κ1) is 17.9. The van der Waals surface area contributed by atoms with E-state index in [9.17, 15) is 14.7 Å². The molecule has 0 saturated carbocycles. The highest BCUT2D eigenvalue weighted by molar-refractivity contribution is 6.24. The van der Waals surface area contributed by atoms with Crippen molar-refractivity contribution in [2.24, 2.45) is 5.92 Å². The zero-order valence-electron chi connectivity index (χ0n) is 17.2. The van der Waals surface area contributed by atoms with Crippen molar-refractivity contribution < 1.29 is 28.9 Å². The first-order valence-electron chi connectivity index (χ1n) is 10.7. The lowest BCUT2D eigenvalue weighted by atomic mass is 9.63. The summed E-state index contributed by atoms with van der Waals surface area (Å²) in [5.74, 6) is -0.541. The second kappa shape index (κ2) is 5.34. The highest BCUT2D eigenvalue weighted by Gasteiger charge is 2.74. The molecule has 0 unspecified atom stereocenters. The average Bonchev–Trinajstić information content (AvgIpc) is 3.41. The van der Waals surface area contributed by atoms with Gasteiger partial charge in [-0.3, -0.25) is 19.4 Å². The molecule has 2 bridgehead atoms. The molecule has 7 rings (SSSR count). The minimum Gasteiger partial charge on any atom is -0.492 e. The number of hydrogen-bond donors (Lipinski definition) is 1. The molecule has 8 atom stereocenters. The number of hydrogen-bond acceptors (Lipinski definition) is 9. The van der Waals surface area contributed by atoms with Crippen LogP contribution in [0.1, 0.15) is 13.3 Å². The number of likely N-dealkylation sites (N-methyl/N-ethyl adjacent to an activating group) is 1. The zero-order valence-corrected chi connectivity index (χ0v) is 17.2. The Kier molecular flexibility index (Phi) is 3.18. The number of ketones is 2. The van der Waals surface area contributed by atoms with Crippen molar-refractivity contribution in [3.05, 3.63) is 22.6 Å². The van der Waals surface area contributed by atoms with Gasteiger partial charge in [-0.1, -0.05) is 0 Å². The van der Waals surface area contributed by atoms with Crippen LogP contribution in [0.4, 0.5) is 0 Å². The quantitative estimate of drug-likeness (QED) is 0.569.